The average Bonchev–Trinajstić information content (AvgIpc) is 2.77. The molecule has 1 N–H and O–H groups in total. The summed E-state index contributed by atoms with van der Waals surface area (Å²) in [5.41, 5.74) is 4.29. The van der Waals surface area contributed by atoms with Gasteiger partial charge in [0.05, 0.1) is 0 Å². The van der Waals surface area contributed by atoms with Crippen LogP contribution in [0.4, 0.5) is 0 Å². The number of carbonyl (C=O) groups excluding carboxylic acids is 1. The standard InChI is InChI=1S/C19H28N2O/c1-6-7-8-11-21(13(2)3)19(22)16-9-10-18-17(12-16)14(4)15(5)20-18/h9-10,12-13,20H,6-8,11H2,1-5H3. The molecule has 0 aliphatic rings. The van der Waals surface area contributed by atoms with E-state index in [4.69, 9.17) is 0 Å². The molecule has 1 amide bonds. The second-order valence-corrected chi connectivity index (χ2v) is 6.43. The van der Waals surface area contributed by atoms with Crippen LogP contribution in [0.3, 0.4) is 0 Å². The molecule has 2 rings (SSSR count). The van der Waals surface area contributed by atoms with Crippen LogP contribution in [-0.4, -0.2) is 28.4 Å². The molecular weight excluding hydrogens is 272 g/mol. The van der Waals surface area contributed by atoms with E-state index in [0.29, 0.717) is 0 Å². The molecule has 0 bridgehead atoms. The van der Waals surface area contributed by atoms with Crippen molar-refractivity contribution in [3.05, 3.63) is 35.0 Å². The lowest BCUT2D eigenvalue weighted by atomic mass is 10.1. The minimum Gasteiger partial charge on any atom is -0.358 e. The summed E-state index contributed by atoms with van der Waals surface area (Å²) in [6.45, 7) is 11.4. The Balaban J connectivity index is 2.27. The summed E-state index contributed by atoms with van der Waals surface area (Å²) in [4.78, 5) is 18.2. The number of aromatic nitrogens is 1. The highest BCUT2D eigenvalue weighted by atomic mass is 16.2. The van der Waals surface area contributed by atoms with Crippen LogP contribution < -0.4 is 0 Å². The number of nitrogens with zero attached hydrogens (tertiary/aromatic N) is 1. The molecule has 2 aromatic rings. The predicted molar refractivity (Wildman–Crippen MR) is 93.5 cm³/mol. The molecule has 0 radical (unpaired) electrons. The number of fused-ring (bicyclic) bond motifs is 1. The number of nitrogens with one attached hydrogen (secondary N) is 1. The minimum absolute atomic E-state index is 0.145. The van der Waals surface area contributed by atoms with Gasteiger partial charge in [0.15, 0.2) is 0 Å². The van der Waals surface area contributed by atoms with Crippen molar-refractivity contribution in [2.75, 3.05) is 6.54 Å². The van der Waals surface area contributed by atoms with Gasteiger partial charge in [0.25, 0.3) is 5.91 Å². The van der Waals surface area contributed by atoms with Gasteiger partial charge in [-0.05, 0) is 57.9 Å². The van der Waals surface area contributed by atoms with E-state index in [1.54, 1.807) is 0 Å². The third-order valence-corrected chi connectivity index (χ3v) is 4.44. The van der Waals surface area contributed by atoms with Gasteiger partial charge in [-0.2, -0.15) is 0 Å². The van der Waals surface area contributed by atoms with Crippen LogP contribution in [0, 0.1) is 13.8 Å². The van der Waals surface area contributed by atoms with Crippen LogP contribution in [0.25, 0.3) is 10.9 Å². The summed E-state index contributed by atoms with van der Waals surface area (Å²) in [5, 5.41) is 1.15. The molecule has 0 saturated heterocycles. The topological polar surface area (TPSA) is 36.1 Å². The second kappa shape index (κ2) is 6.99. The van der Waals surface area contributed by atoms with Crippen LogP contribution in [0.5, 0.6) is 0 Å². The second-order valence-electron chi connectivity index (χ2n) is 6.43. The molecule has 0 unspecified atom stereocenters. The molecule has 1 aromatic heterocycles. The maximum absolute atomic E-state index is 12.9. The van der Waals surface area contributed by atoms with Crippen LogP contribution in [0.1, 0.15) is 61.6 Å². The lowest BCUT2D eigenvalue weighted by molar-refractivity contribution is 0.0702. The molecule has 0 atom stereocenters. The molecule has 3 nitrogen and oxygen atoms in total. The molecule has 1 aromatic carbocycles. The normalized spacial score (nSPS) is 11.4. The molecule has 0 aliphatic heterocycles. The number of unbranched alkanes of at least 4 members (excludes halogenated alkanes) is 2. The third-order valence-electron chi connectivity index (χ3n) is 4.44. The van der Waals surface area contributed by atoms with Gasteiger partial charge >= 0.3 is 0 Å². The van der Waals surface area contributed by atoms with Gasteiger partial charge in [0.2, 0.25) is 0 Å². The Labute approximate surface area is 133 Å². The fraction of sp³-hybridized carbons (Fsp3) is 0.526. The van der Waals surface area contributed by atoms with Gasteiger partial charge in [0, 0.05) is 34.7 Å². The van der Waals surface area contributed by atoms with Crippen molar-refractivity contribution in [2.45, 2.75) is 59.9 Å². The number of aromatic amines is 1. The van der Waals surface area contributed by atoms with Gasteiger partial charge in [0.1, 0.15) is 0 Å². The van der Waals surface area contributed by atoms with E-state index in [-0.39, 0.29) is 11.9 Å². The van der Waals surface area contributed by atoms with E-state index < -0.39 is 0 Å². The molecule has 3 heteroatoms. The zero-order valence-corrected chi connectivity index (χ0v) is 14.5. The monoisotopic (exact) mass is 300 g/mol. The van der Waals surface area contributed by atoms with Gasteiger partial charge in [-0.25, -0.2) is 0 Å². The number of hydrogen-bond donors (Lipinski definition) is 1. The summed E-state index contributed by atoms with van der Waals surface area (Å²) < 4.78 is 0. The quantitative estimate of drug-likeness (QED) is 0.762. The molecule has 0 aliphatic carbocycles. The number of benzene rings is 1. The molecule has 0 fully saturated rings. The van der Waals surface area contributed by atoms with Crippen molar-refractivity contribution in [3.8, 4) is 0 Å². The first-order valence-electron chi connectivity index (χ1n) is 8.35. The molecule has 120 valence electrons. The molecule has 22 heavy (non-hydrogen) atoms. The van der Waals surface area contributed by atoms with Crippen LogP contribution in [-0.2, 0) is 0 Å². The highest BCUT2D eigenvalue weighted by Gasteiger charge is 2.19. The van der Waals surface area contributed by atoms with Crippen molar-refractivity contribution < 1.29 is 4.79 Å². The van der Waals surface area contributed by atoms with E-state index in [0.717, 1.165) is 29.4 Å². The summed E-state index contributed by atoms with van der Waals surface area (Å²) in [6.07, 6.45) is 3.42. The van der Waals surface area contributed by atoms with Crippen molar-refractivity contribution in [3.63, 3.8) is 0 Å². The molecule has 0 saturated carbocycles. The maximum Gasteiger partial charge on any atom is 0.254 e. The number of H-pyrrole nitrogens is 1. The van der Waals surface area contributed by atoms with Crippen molar-refractivity contribution in [1.29, 1.82) is 0 Å². The van der Waals surface area contributed by atoms with E-state index in [2.05, 4.69) is 39.6 Å². The van der Waals surface area contributed by atoms with E-state index >= 15 is 0 Å². The van der Waals surface area contributed by atoms with Crippen molar-refractivity contribution in [1.82, 2.24) is 9.88 Å². The zero-order chi connectivity index (χ0) is 16.3. The lowest BCUT2D eigenvalue weighted by Crippen LogP contribution is -2.37. The van der Waals surface area contributed by atoms with E-state index in [1.807, 2.05) is 23.1 Å². The number of hydrogen-bond acceptors (Lipinski definition) is 1. The highest BCUT2D eigenvalue weighted by molar-refractivity contribution is 5.99. The Morgan fingerprint density at radius 3 is 2.59 bits per heavy atom. The largest absolute Gasteiger partial charge is 0.358 e. The summed E-state index contributed by atoms with van der Waals surface area (Å²) in [6, 6.07) is 6.22. The SMILES string of the molecule is CCCCCN(C(=O)c1ccc2[nH]c(C)c(C)c2c1)C(C)C. The Hall–Kier alpha value is -1.77. The van der Waals surface area contributed by atoms with Gasteiger partial charge in [-0.3, -0.25) is 4.79 Å². The molecular formula is C19H28N2O. The van der Waals surface area contributed by atoms with Crippen LogP contribution in [0.15, 0.2) is 18.2 Å². The van der Waals surface area contributed by atoms with Crippen molar-refractivity contribution in [2.24, 2.45) is 0 Å². The number of carbonyl (C=O) groups is 1. The van der Waals surface area contributed by atoms with Gasteiger partial charge in [-0.15, -0.1) is 0 Å². The first-order chi connectivity index (χ1) is 10.5. The maximum atomic E-state index is 12.9. The lowest BCUT2D eigenvalue weighted by Gasteiger charge is -2.27. The summed E-state index contributed by atoms with van der Waals surface area (Å²) >= 11 is 0. The number of aryl methyl sites for hydroxylation is 2. The van der Waals surface area contributed by atoms with Gasteiger partial charge in [-0.1, -0.05) is 19.8 Å². The average molecular weight is 300 g/mol. The van der Waals surface area contributed by atoms with Crippen molar-refractivity contribution >= 4 is 16.8 Å². The van der Waals surface area contributed by atoms with E-state index in [1.165, 1.54) is 24.1 Å². The smallest absolute Gasteiger partial charge is 0.254 e. The zero-order valence-electron chi connectivity index (χ0n) is 14.5. The molecule has 0 spiro atoms. The number of rotatable bonds is 6. The number of amides is 1. The summed E-state index contributed by atoms with van der Waals surface area (Å²) in [5.74, 6) is 0.145. The fourth-order valence-corrected chi connectivity index (χ4v) is 2.89. The predicted octanol–water partition coefficient (Wildman–Crippen LogP) is 4.83. The summed E-state index contributed by atoms with van der Waals surface area (Å²) in [7, 11) is 0. The fourth-order valence-electron chi connectivity index (χ4n) is 2.89. The van der Waals surface area contributed by atoms with Crippen LogP contribution in [0.2, 0.25) is 0 Å². The van der Waals surface area contributed by atoms with Gasteiger partial charge < -0.3 is 9.88 Å². The Kier molecular flexibility index (Phi) is 5.28. The first kappa shape index (κ1) is 16.6. The van der Waals surface area contributed by atoms with E-state index in [9.17, 15) is 4.79 Å². The molecule has 1 heterocycles. The minimum atomic E-state index is 0.145. The highest BCUT2D eigenvalue weighted by Crippen LogP contribution is 2.23. The Bertz CT molecular complexity index is 655. The Morgan fingerprint density at radius 2 is 1.95 bits per heavy atom. The first-order valence-corrected chi connectivity index (χ1v) is 8.35. The third kappa shape index (κ3) is 3.34. The van der Waals surface area contributed by atoms with Crippen LogP contribution >= 0.6 is 0 Å². The Morgan fingerprint density at radius 1 is 1.23 bits per heavy atom.